The number of benzene rings is 1. The molecule has 1 aliphatic heterocycles. The minimum atomic E-state index is -0.186. The number of aryl methyl sites for hydroxylation is 1. The van der Waals surface area contributed by atoms with Crippen LogP contribution in [0.4, 0.5) is 23.1 Å². The summed E-state index contributed by atoms with van der Waals surface area (Å²) in [6.45, 7) is 5.06. The van der Waals surface area contributed by atoms with Gasteiger partial charge >= 0.3 is 0 Å². The van der Waals surface area contributed by atoms with Crippen molar-refractivity contribution in [3.8, 4) is 0 Å². The molecule has 0 aliphatic carbocycles. The van der Waals surface area contributed by atoms with E-state index in [2.05, 4.69) is 31.2 Å². The van der Waals surface area contributed by atoms with Crippen molar-refractivity contribution < 1.29 is 9.59 Å². The van der Waals surface area contributed by atoms with Crippen LogP contribution in [-0.4, -0.2) is 34.9 Å². The van der Waals surface area contributed by atoms with Gasteiger partial charge in [0.15, 0.2) is 0 Å². The van der Waals surface area contributed by atoms with E-state index in [1.165, 1.54) is 0 Å². The van der Waals surface area contributed by atoms with Crippen LogP contribution in [0.2, 0.25) is 0 Å². The molecule has 2 aromatic rings. The summed E-state index contributed by atoms with van der Waals surface area (Å²) in [5, 5.41) is 12.0. The van der Waals surface area contributed by atoms with Crippen LogP contribution in [0.5, 0.6) is 0 Å². The molecular formula is C19H24N6O2. The van der Waals surface area contributed by atoms with E-state index in [0.29, 0.717) is 31.2 Å². The highest BCUT2D eigenvalue weighted by Gasteiger charge is 2.24. The Labute approximate surface area is 158 Å². The lowest BCUT2D eigenvalue weighted by atomic mass is 9.98. The van der Waals surface area contributed by atoms with Gasteiger partial charge in [-0.25, -0.2) is 4.98 Å². The van der Waals surface area contributed by atoms with Gasteiger partial charge in [-0.1, -0.05) is 0 Å². The van der Waals surface area contributed by atoms with Crippen LogP contribution < -0.4 is 21.3 Å². The van der Waals surface area contributed by atoms with Crippen LogP contribution in [0.3, 0.4) is 0 Å². The Morgan fingerprint density at radius 3 is 2.63 bits per heavy atom. The lowest BCUT2D eigenvalue weighted by Crippen LogP contribution is -2.40. The van der Waals surface area contributed by atoms with Crippen molar-refractivity contribution in [2.75, 3.05) is 29.0 Å². The number of nitrogens with one attached hydrogen (secondary N) is 4. The van der Waals surface area contributed by atoms with E-state index >= 15 is 0 Å². The monoisotopic (exact) mass is 368 g/mol. The van der Waals surface area contributed by atoms with Gasteiger partial charge in [0, 0.05) is 42.6 Å². The van der Waals surface area contributed by atoms with E-state index in [0.717, 1.165) is 23.6 Å². The zero-order chi connectivity index (χ0) is 19.2. The number of anilines is 4. The van der Waals surface area contributed by atoms with Crippen molar-refractivity contribution in [2.45, 2.75) is 26.7 Å². The standard InChI is InChI=1S/C19H24N6O2/c1-3-20-19-22-12(2)10-16(25-19)23-14-5-7-15(8-6-14)24-18(27)13-4-9-17(26)21-11-13/h5-8,10,13H,3-4,9,11H2,1-2H3,(H,21,26)(H,24,27)(H2,20,22,23,25). The van der Waals surface area contributed by atoms with Gasteiger partial charge in [0.05, 0.1) is 5.92 Å². The van der Waals surface area contributed by atoms with E-state index < -0.39 is 0 Å². The second-order valence-electron chi connectivity index (χ2n) is 6.48. The summed E-state index contributed by atoms with van der Waals surface area (Å²) >= 11 is 0. The second kappa shape index (κ2) is 8.48. The topological polar surface area (TPSA) is 108 Å². The van der Waals surface area contributed by atoms with Crippen molar-refractivity contribution in [2.24, 2.45) is 5.92 Å². The summed E-state index contributed by atoms with van der Waals surface area (Å²) < 4.78 is 0. The zero-order valence-electron chi connectivity index (χ0n) is 15.5. The molecule has 1 atom stereocenters. The molecule has 1 aliphatic rings. The summed E-state index contributed by atoms with van der Waals surface area (Å²) in [7, 11) is 0. The first-order valence-corrected chi connectivity index (χ1v) is 9.07. The summed E-state index contributed by atoms with van der Waals surface area (Å²) in [5.41, 5.74) is 2.44. The van der Waals surface area contributed by atoms with Gasteiger partial charge in [0.1, 0.15) is 5.82 Å². The number of aromatic nitrogens is 2. The molecule has 1 aromatic heterocycles. The third kappa shape index (κ3) is 5.16. The smallest absolute Gasteiger partial charge is 0.229 e. The first-order chi connectivity index (χ1) is 13.0. The molecule has 27 heavy (non-hydrogen) atoms. The highest BCUT2D eigenvalue weighted by Crippen LogP contribution is 2.20. The van der Waals surface area contributed by atoms with E-state index in [9.17, 15) is 9.59 Å². The number of nitrogens with zero attached hydrogens (tertiary/aromatic N) is 2. The van der Waals surface area contributed by atoms with Crippen molar-refractivity contribution in [3.05, 3.63) is 36.0 Å². The second-order valence-corrected chi connectivity index (χ2v) is 6.48. The van der Waals surface area contributed by atoms with Gasteiger partial charge in [0.2, 0.25) is 17.8 Å². The number of piperidine rings is 1. The van der Waals surface area contributed by atoms with Gasteiger partial charge in [-0.3, -0.25) is 9.59 Å². The van der Waals surface area contributed by atoms with Crippen LogP contribution in [0.15, 0.2) is 30.3 Å². The summed E-state index contributed by atoms with van der Waals surface area (Å²) in [6.07, 6.45) is 0.979. The predicted octanol–water partition coefficient (Wildman–Crippen LogP) is 2.43. The molecule has 2 amide bonds. The number of hydrogen-bond acceptors (Lipinski definition) is 6. The van der Waals surface area contributed by atoms with Gasteiger partial charge in [-0.05, 0) is 44.5 Å². The molecule has 142 valence electrons. The Hall–Kier alpha value is -3.16. The van der Waals surface area contributed by atoms with E-state index in [4.69, 9.17) is 0 Å². The fraction of sp³-hybridized carbons (Fsp3) is 0.368. The first kappa shape index (κ1) is 18.6. The van der Waals surface area contributed by atoms with Crippen molar-refractivity contribution in [3.63, 3.8) is 0 Å². The number of hydrogen-bond donors (Lipinski definition) is 4. The van der Waals surface area contributed by atoms with Gasteiger partial charge in [-0.2, -0.15) is 4.98 Å². The Morgan fingerprint density at radius 1 is 1.22 bits per heavy atom. The summed E-state index contributed by atoms with van der Waals surface area (Å²) in [6, 6.07) is 9.29. The molecule has 3 rings (SSSR count). The SMILES string of the molecule is CCNc1nc(C)cc(Nc2ccc(NC(=O)C3CCC(=O)NC3)cc2)n1. The molecule has 1 fully saturated rings. The van der Waals surface area contributed by atoms with Gasteiger partial charge < -0.3 is 21.3 Å². The molecule has 1 aromatic carbocycles. The predicted molar refractivity (Wildman–Crippen MR) is 105 cm³/mol. The number of carbonyl (C=O) groups excluding carboxylic acids is 2. The summed E-state index contributed by atoms with van der Waals surface area (Å²) in [5.74, 6) is 1.04. The van der Waals surface area contributed by atoms with Crippen molar-refractivity contribution >= 4 is 35.0 Å². The van der Waals surface area contributed by atoms with Crippen molar-refractivity contribution in [1.82, 2.24) is 15.3 Å². The maximum Gasteiger partial charge on any atom is 0.229 e. The molecule has 8 nitrogen and oxygen atoms in total. The zero-order valence-corrected chi connectivity index (χ0v) is 15.5. The average Bonchev–Trinajstić information content (AvgIpc) is 2.64. The summed E-state index contributed by atoms with van der Waals surface area (Å²) in [4.78, 5) is 32.2. The highest BCUT2D eigenvalue weighted by molar-refractivity contribution is 5.94. The largest absolute Gasteiger partial charge is 0.355 e. The van der Waals surface area contributed by atoms with E-state index in [1.807, 2.05) is 44.2 Å². The number of carbonyl (C=O) groups is 2. The first-order valence-electron chi connectivity index (χ1n) is 9.07. The quantitative estimate of drug-likeness (QED) is 0.624. The molecule has 0 radical (unpaired) electrons. The lowest BCUT2D eigenvalue weighted by molar-refractivity contribution is -0.126. The molecule has 0 spiro atoms. The fourth-order valence-electron chi connectivity index (χ4n) is 2.86. The molecule has 1 unspecified atom stereocenters. The van der Waals surface area contributed by atoms with E-state index in [-0.39, 0.29) is 17.7 Å². The molecular weight excluding hydrogens is 344 g/mol. The molecule has 1 saturated heterocycles. The van der Waals surface area contributed by atoms with E-state index in [1.54, 1.807) is 0 Å². The Kier molecular flexibility index (Phi) is 5.85. The average molecular weight is 368 g/mol. The normalized spacial score (nSPS) is 16.4. The van der Waals surface area contributed by atoms with Crippen LogP contribution in [0.25, 0.3) is 0 Å². The number of rotatable bonds is 6. The minimum Gasteiger partial charge on any atom is -0.355 e. The Bertz CT molecular complexity index is 811. The Balaban J connectivity index is 1.60. The lowest BCUT2D eigenvalue weighted by Gasteiger charge is -2.21. The molecule has 0 bridgehead atoms. The maximum absolute atomic E-state index is 12.3. The molecule has 0 saturated carbocycles. The molecule has 4 N–H and O–H groups in total. The third-order valence-corrected chi connectivity index (χ3v) is 4.25. The molecule has 2 heterocycles. The van der Waals surface area contributed by atoms with Crippen LogP contribution >= 0.6 is 0 Å². The van der Waals surface area contributed by atoms with Gasteiger partial charge in [-0.15, -0.1) is 0 Å². The van der Waals surface area contributed by atoms with Crippen LogP contribution in [-0.2, 0) is 9.59 Å². The van der Waals surface area contributed by atoms with Gasteiger partial charge in [0.25, 0.3) is 0 Å². The maximum atomic E-state index is 12.3. The minimum absolute atomic E-state index is 0.00623. The molecule has 8 heteroatoms. The highest BCUT2D eigenvalue weighted by atomic mass is 16.2. The third-order valence-electron chi connectivity index (χ3n) is 4.25. The van der Waals surface area contributed by atoms with Crippen molar-refractivity contribution in [1.29, 1.82) is 0 Å². The van der Waals surface area contributed by atoms with Crippen LogP contribution in [0.1, 0.15) is 25.5 Å². The van der Waals surface area contributed by atoms with Crippen LogP contribution in [0, 0.1) is 12.8 Å². The fourth-order valence-corrected chi connectivity index (χ4v) is 2.86. The Morgan fingerprint density at radius 2 is 1.96 bits per heavy atom. The number of amides is 2.